The molecule has 0 spiro atoms. The van der Waals surface area contributed by atoms with Gasteiger partial charge in [-0.3, -0.25) is 0 Å². The predicted molar refractivity (Wildman–Crippen MR) is 208 cm³/mol. The number of fused-ring (bicyclic) bond motifs is 3. The van der Waals surface area contributed by atoms with Gasteiger partial charge in [0.05, 0.1) is 31.8 Å². The van der Waals surface area contributed by atoms with E-state index in [1.807, 2.05) is 77.9 Å². The van der Waals surface area contributed by atoms with Crippen LogP contribution in [0.2, 0.25) is 0 Å². The van der Waals surface area contributed by atoms with E-state index in [1.54, 1.807) is 0 Å². The van der Waals surface area contributed by atoms with E-state index in [0.717, 1.165) is 60.1 Å². The van der Waals surface area contributed by atoms with Crippen LogP contribution in [0.15, 0.2) is 86.0 Å². The summed E-state index contributed by atoms with van der Waals surface area (Å²) in [6.07, 6.45) is 5.20. The van der Waals surface area contributed by atoms with Gasteiger partial charge in [0, 0.05) is 34.4 Å². The first-order valence-electron chi connectivity index (χ1n) is 18.5. The third-order valence-corrected chi connectivity index (χ3v) is 9.19. The topological polar surface area (TPSA) is 89.5 Å². The molecule has 5 rings (SSSR count). The fraction of sp³-hybridized carbons (Fsp3) is 0.333. The Morgan fingerprint density at radius 1 is 0.547 bits per heavy atom. The molecule has 0 amide bonds. The Kier molecular flexibility index (Phi) is 12.7. The molecule has 0 bridgehead atoms. The zero-order valence-corrected chi connectivity index (χ0v) is 31.8. The fourth-order valence-electron chi connectivity index (χ4n) is 6.90. The molecule has 0 atom stereocenters. The van der Waals surface area contributed by atoms with Crippen LogP contribution in [0, 0.1) is 13.8 Å². The molecule has 278 valence electrons. The van der Waals surface area contributed by atoms with E-state index < -0.39 is 17.4 Å². The van der Waals surface area contributed by atoms with Crippen molar-refractivity contribution in [3.8, 4) is 45.6 Å². The molecule has 0 radical (unpaired) electrons. The van der Waals surface area contributed by atoms with E-state index in [2.05, 4.69) is 37.4 Å². The maximum atomic E-state index is 12.9. The second-order valence-electron chi connectivity index (χ2n) is 12.9. The Bertz CT molecular complexity index is 1850. The van der Waals surface area contributed by atoms with Crippen molar-refractivity contribution in [3.05, 3.63) is 119 Å². The summed E-state index contributed by atoms with van der Waals surface area (Å²) in [5.74, 6) is 1.32. The Labute approximate surface area is 313 Å². The number of hydrogen-bond donors (Lipinski definition) is 0. The molecule has 4 aromatic rings. The van der Waals surface area contributed by atoms with E-state index in [9.17, 15) is 9.59 Å². The van der Waals surface area contributed by atoms with Gasteiger partial charge in [0.25, 0.3) is 0 Å². The first kappa shape index (κ1) is 38.7. The highest BCUT2D eigenvalue weighted by molar-refractivity contribution is 5.90. The lowest BCUT2D eigenvalue weighted by molar-refractivity contribution is -0.129. The number of esters is 2. The molecule has 8 nitrogen and oxygen atoms in total. The SMILES string of the molecule is C=CC(=O)Oc1cc(C2(c3cc(OC(=O)C=C)c(C)c(OCCC)c3OCCC)c3ccccc3-c3ccccc32)c(OCCC)c(OCCC)c1C. The van der Waals surface area contributed by atoms with Crippen LogP contribution in [-0.2, 0) is 15.0 Å². The van der Waals surface area contributed by atoms with Crippen LogP contribution < -0.4 is 28.4 Å². The minimum Gasteiger partial charge on any atom is -0.489 e. The molecule has 8 heteroatoms. The van der Waals surface area contributed by atoms with E-state index in [4.69, 9.17) is 28.4 Å². The van der Waals surface area contributed by atoms with E-state index in [-0.39, 0.29) is 0 Å². The third kappa shape index (κ3) is 7.28. The Hall–Kier alpha value is -5.50. The van der Waals surface area contributed by atoms with Crippen LogP contribution in [-0.4, -0.2) is 38.4 Å². The molecule has 0 heterocycles. The summed E-state index contributed by atoms with van der Waals surface area (Å²) >= 11 is 0. The first-order valence-corrected chi connectivity index (χ1v) is 18.5. The molecule has 1 aliphatic carbocycles. The van der Waals surface area contributed by atoms with Crippen molar-refractivity contribution in [3.63, 3.8) is 0 Å². The molecular weight excluding hydrogens is 668 g/mol. The number of carbonyl (C=O) groups excluding carboxylic acids is 2. The first-order chi connectivity index (χ1) is 25.7. The quantitative estimate of drug-likeness (QED) is 0.0503. The van der Waals surface area contributed by atoms with Gasteiger partial charge in [-0.05, 0) is 73.9 Å². The van der Waals surface area contributed by atoms with Crippen molar-refractivity contribution in [1.82, 2.24) is 0 Å². The van der Waals surface area contributed by atoms with Gasteiger partial charge in [0.1, 0.15) is 11.5 Å². The second-order valence-corrected chi connectivity index (χ2v) is 12.9. The van der Waals surface area contributed by atoms with Gasteiger partial charge in [-0.15, -0.1) is 0 Å². The normalized spacial score (nSPS) is 12.3. The lowest BCUT2D eigenvalue weighted by Gasteiger charge is -2.38. The van der Waals surface area contributed by atoms with Crippen molar-refractivity contribution < 1.29 is 38.0 Å². The Balaban J connectivity index is 2.10. The average Bonchev–Trinajstić information content (AvgIpc) is 3.47. The van der Waals surface area contributed by atoms with Crippen molar-refractivity contribution in [2.24, 2.45) is 0 Å². The van der Waals surface area contributed by atoms with Gasteiger partial charge < -0.3 is 28.4 Å². The Morgan fingerprint density at radius 2 is 0.887 bits per heavy atom. The van der Waals surface area contributed by atoms with Crippen LogP contribution in [0.1, 0.15) is 86.8 Å². The summed E-state index contributed by atoms with van der Waals surface area (Å²) in [5.41, 5.74) is 5.14. The number of rotatable bonds is 18. The molecule has 1 aliphatic rings. The zero-order chi connectivity index (χ0) is 38.1. The largest absolute Gasteiger partial charge is 0.489 e. The van der Waals surface area contributed by atoms with Crippen molar-refractivity contribution in [2.45, 2.75) is 72.6 Å². The van der Waals surface area contributed by atoms with E-state index in [1.165, 1.54) is 0 Å². The van der Waals surface area contributed by atoms with Crippen LogP contribution >= 0.6 is 0 Å². The molecule has 0 fully saturated rings. The van der Waals surface area contributed by atoms with Gasteiger partial charge in [-0.2, -0.15) is 0 Å². The number of hydrogen-bond acceptors (Lipinski definition) is 8. The zero-order valence-electron chi connectivity index (χ0n) is 31.8. The summed E-state index contributed by atoms with van der Waals surface area (Å²) < 4.78 is 38.6. The molecule has 0 saturated carbocycles. The van der Waals surface area contributed by atoms with Crippen LogP contribution in [0.5, 0.6) is 34.5 Å². The van der Waals surface area contributed by atoms with Gasteiger partial charge in [-0.1, -0.05) is 89.4 Å². The maximum absolute atomic E-state index is 12.9. The lowest BCUT2D eigenvalue weighted by Crippen LogP contribution is -2.31. The standard InChI is InChI=1S/C45H50O8/c1-9-23-48-41-29(7)37(52-39(46)13-5)27-35(43(41)50-25-11-3)45(33-21-17-15-19-31(33)32-20-16-18-22-34(32)45)36-28-38(53-40(47)14-6)30(8)42(49-24-10-2)44(36)51-26-12-4/h13-22,27-28H,5-6,9-12,23-26H2,1-4,7-8H3. The maximum Gasteiger partial charge on any atom is 0.335 e. The molecule has 0 saturated heterocycles. The molecule has 0 aromatic heterocycles. The summed E-state index contributed by atoms with van der Waals surface area (Å²) in [5, 5.41) is 0. The van der Waals surface area contributed by atoms with Gasteiger partial charge in [-0.25, -0.2) is 9.59 Å². The van der Waals surface area contributed by atoms with Crippen molar-refractivity contribution >= 4 is 11.9 Å². The van der Waals surface area contributed by atoms with Gasteiger partial charge in [0.15, 0.2) is 23.0 Å². The summed E-state index contributed by atoms with van der Waals surface area (Å²) in [4.78, 5) is 25.8. The number of benzene rings is 4. The molecular formula is C45H50O8. The fourth-order valence-corrected chi connectivity index (χ4v) is 6.90. The van der Waals surface area contributed by atoms with Gasteiger partial charge in [0.2, 0.25) is 0 Å². The lowest BCUT2D eigenvalue weighted by atomic mass is 9.66. The van der Waals surface area contributed by atoms with E-state index >= 15 is 0 Å². The molecule has 0 N–H and O–H groups in total. The minimum atomic E-state index is -1.21. The second kappa shape index (κ2) is 17.3. The van der Waals surface area contributed by atoms with Crippen LogP contribution in [0.3, 0.4) is 0 Å². The minimum absolute atomic E-state index is 0.296. The molecule has 53 heavy (non-hydrogen) atoms. The molecule has 4 aromatic carbocycles. The van der Waals surface area contributed by atoms with E-state index in [0.29, 0.717) is 83.2 Å². The van der Waals surface area contributed by atoms with Crippen LogP contribution in [0.25, 0.3) is 11.1 Å². The summed E-state index contributed by atoms with van der Waals surface area (Å²) in [6.45, 7) is 20.7. The smallest absolute Gasteiger partial charge is 0.335 e. The number of carbonyl (C=O) groups is 2. The van der Waals surface area contributed by atoms with Crippen LogP contribution in [0.4, 0.5) is 0 Å². The third-order valence-electron chi connectivity index (χ3n) is 9.19. The Morgan fingerprint density at radius 3 is 1.23 bits per heavy atom. The van der Waals surface area contributed by atoms with Gasteiger partial charge >= 0.3 is 11.9 Å². The molecule has 0 aliphatic heterocycles. The monoisotopic (exact) mass is 718 g/mol. The highest BCUT2D eigenvalue weighted by atomic mass is 16.5. The summed E-state index contributed by atoms with van der Waals surface area (Å²) in [6, 6.07) is 20.1. The van der Waals surface area contributed by atoms with Crippen molar-refractivity contribution in [1.29, 1.82) is 0 Å². The summed E-state index contributed by atoms with van der Waals surface area (Å²) in [7, 11) is 0. The predicted octanol–water partition coefficient (Wildman–Crippen LogP) is 10.0. The highest BCUT2D eigenvalue weighted by Crippen LogP contribution is 2.63. The van der Waals surface area contributed by atoms with Crippen molar-refractivity contribution in [2.75, 3.05) is 26.4 Å². The molecule has 0 unspecified atom stereocenters. The average molecular weight is 719 g/mol. The highest BCUT2D eigenvalue weighted by Gasteiger charge is 2.51. The number of ether oxygens (including phenoxy) is 6.